The Morgan fingerprint density at radius 2 is 2.11 bits per heavy atom. The van der Waals surface area contributed by atoms with Crippen LogP contribution in [0, 0.1) is 11.7 Å². The van der Waals surface area contributed by atoms with Crippen molar-refractivity contribution in [2.45, 2.75) is 12.8 Å². The van der Waals surface area contributed by atoms with Crippen molar-refractivity contribution in [3.63, 3.8) is 0 Å². The van der Waals surface area contributed by atoms with Gasteiger partial charge in [0, 0.05) is 13.1 Å². The lowest BCUT2D eigenvalue weighted by Crippen LogP contribution is -2.41. The Labute approximate surface area is 115 Å². The minimum Gasteiger partial charge on any atom is -0.397 e. The molecule has 7 heteroatoms. The number of primary amides is 1. The van der Waals surface area contributed by atoms with Crippen molar-refractivity contribution in [1.29, 1.82) is 0 Å². The number of hydrogen-bond donors (Lipinski definition) is 3. The molecule has 5 nitrogen and oxygen atoms in total. The van der Waals surface area contributed by atoms with Gasteiger partial charge in [0.15, 0.2) is 5.82 Å². The lowest BCUT2D eigenvalue weighted by Gasteiger charge is -2.34. The zero-order chi connectivity index (χ0) is 14.2. The van der Waals surface area contributed by atoms with Crippen molar-refractivity contribution in [3.8, 4) is 0 Å². The van der Waals surface area contributed by atoms with Gasteiger partial charge in [-0.1, -0.05) is 11.6 Å². The number of benzene rings is 1. The van der Waals surface area contributed by atoms with Crippen LogP contribution in [0.25, 0.3) is 0 Å². The van der Waals surface area contributed by atoms with E-state index in [9.17, 15) is 9.18 Å². The van der Waals surface area contributed by atoms with Gasteiger partial charge in [-0.15, -0.1) is 0 Å². The summed E-state index contributed by atoms with van der Waals surface area (Å²) in [5.74, 6) is -1.33. The van der Waals surface area contributed by atoms with Gasteiger partial charge in [-0.3, -0.25) is 4.79 Å². The second-order valence-electron chi connectivity index (χ2n) is 4.72. The first-order valence-electron chi connectivity index (χ1n) is 5.99. The summed E-state index contributed by atoms with van der Waals surface area (Å²) >= 11 is 5.80. The summed E-state index contributed by atoms with van der Waals surface area (Å²) in [7, 11) is 0. The van der Waals surface area contributed by atoms with Crippen LogP contribution in [-0.4, -0.2) is 19.0 Å². The topological polar surface area (TPSA) is 98.4 Å². The largest absolute Gasteiger partial charge is 0.397 e. The number of nitrogens with zero attached hydrogens (tertiary/aromatic N) is 1. The highest BCUT2D eigenvalue weighted by molar-refractivity contribution is 6.33. The summed E-state index contributed by atoms with van der Waals surface area (Å²) in [5.41, 5.74) is 17.2. The van der Waals surface area contributed by atoms with Crippen molar-refractivity contribution in [1.82, 2.24) is 0 Å². The minimum atomic E-state index is -0.649. The van der Waals surface area contributed by atoms with Gasteiger partial charge in [-0.2, -0.15) is 0 Å². The maximum absolute atomic E-state index is 14.2. The number of rotatable bonds is 2. The van der Waals surface area contributed by atoms with Gasteiger partial charge in [0.25, 0.3) is 0 Å². The number of carbonyl (C=O) groups excluding carboxylic acids is 1. The van der Waals surface area contributed by atoms with E-state index in [1.54, 1.807) is 4.90 Å². The number of nitrogens with two attached hydrogens (primary N) is 3. The highest BCUT2D eigenvalue weighted by atomic mass is 35.5. The molecule has 6 N–H and O–H groups in total. The average molecular weight is 287 g/mol. The Balaban J connectivity index is 2.36. The Morgan fingerprint density at radius 3 is 2.74 bits per heavy atom. The van der Waals surface area contributed by atoms with Crippen molar-refractivity contribution < 1.29 is 9.18 Å². The molecule has 0 aromatic heterocycles. The van der Waals surface area contributed by atoms with Crippen LogP contribution < -0.4 is 22.1 Å². The van der Waals surface area contributed by atoms with Crippen LogP contribution >= 0.6 is 11.6 Å². The summed E-state index contributed by atoms with van der Waals surface area (Å²) in [6, 6.07) is 1.43. The predicted molar refractivity (Wildman–Crippen MR) is 74.4 cm³/mol. The minimum absolute atomic E-state index is 0.101. The van der Waals surface area contributed by atoms with Gasteiger partial charge in [-0.25, -0.2) is 4.39 Å². The maximum atomic E-state index is 14.2. The summed E-state index contributed by atoms with van der Waals surface area (Å²) in [6.07, 6.45) is 1.45. The highest BCUT2D eigenvalue weighted by Gasteiger charge is 2.28. The first-order chi connectivity index (χ1) is 8.91. The first-order valence-corrected chi connectivity index (χ1v) is 6.36. The van der Waals surface area contributed by atoms with E-state index in [-0.39, 0.29) is 33.9 Å². The fourth-order valence-electron chi connectivity index (χ4n) is 2.39. The molecule has 1 aliphatic rings. The molecular weight excluding hydrogens is 271 g/mol. The maximum Gasteiger partial charge on any atom is 0.222 e. The van der Waals surface area contributed by atoms with Crippen LogP contribution in [0.15, 0.2) is 6.07 Å². The fraction of sp³-hybridized carbons (Fsp3) is 0.417. The van der Waals surface area contributed by atoms with Crippen molar-refractivity contribution >= 4 is 34.6 Å². The molecule has 2 rings (SSSR count). The molecule has 1 atom stereocenters. The second-order valence-corrected chi connectivity index (χ2v) is 5.10. The molecule has 1 aromatic carbocycles. The van der Waals surface area contributed by atoms with Crippen LogP contribution in [0.3, 0.4) is 0 Å². The number of amides is 1. The van der Waals surface area contributed by atoms with E-state index < -0.39 is 5.82 Å². The van der Waals surface area contributed by atoms with E-state index in [4.69, 9.17) is 28.8 Å². The third kappa shape index (κ3) is 2.53. The Morgan fingerprint density at radius 1 is 1.42 bits per heavy atom. The second kappa shape index (κ2) is 5.13. The molecule has 1 unspecified atom stereocenters. The molecule has 0 aliphatic carbocycles. The van der Waals surface area contributed by atoms with Gasteiger partial charge in [0.2, 0.25) is 5.91 Å². The molecule has 1 fully saturated rings. The average Bonchev–Trinajstić information content (AvgIpc) is 2.36. The van der Waals surface area contributed by atoms with Crippen LogP contribution in [0.5, 0.6) is 0 Å². The number of carbonyl (C=O) groups is 1. The molecule has 0 radical (unpaired) electrons. The summed E-state index contributed by atoms with van der Waals surface area (Å²) in [5, 5.41) is -0.148. The van der Waals surface area contributed by atoms with Crippen LogP contribution in [-0.2, 0) is 4.79 Å². The normalized spacial score (nSPS) is 19.5. The molecule has 1 aliphatic heterocycles. The Bertz CT molecular complexity index is 523. The smallest absolute Gasteiger partial charge is 0.222 e. The van der Waals surface area contributed by atoms with Gasteiger partial charge < -0.3 is 22.1 Å². The predicted octanol–water partition coefficient (Wildman–Crippen LogP) is 1.35. The summed E-state index contributed by atoms with van der Waals surface area (Å²) in [6.45, 7) is 0.946. The fourth-order valence-corrected chi connectivity index (χ4v) is 2.53. The molecule has 0 bridgehead atoms. The molecule has 1 amide bonds. The monoisotopic (exact) mass is 286 g/mol. The number of piperidine rings is 1. The highest BCUT2D eigenvalue weighted by Crippen LogP contribution is 2.37. The van der Waals surface area contributed by atoms with E-state index in [1.165, 1.54) is 6.07 Å². The molecule has 0 saturated carbocycles. The van der Waals surface area contributed by atoms with Crippen molar-refractivity contribution in [2.75, 3.05) is 29.5 Å². The van der Waals surface area contributed by atoms with Crippen LogP contribution in [0.2, 0.25) is 5.02 Å². The SMILES string of the molecule is NC(=O)C1CCCN(c2c(N)cc(N)c(Cl)c2F)C1. The number of halogens is 2. The standard InChI is InChI=1S/C12H16ClFN4O/c13-9-7(15)4-8(16)11(10(9)14)18-3-1-2-6(5-18)12(17)19/h4,6H,1-3,5,15-16H2,(H2,17,19). The Hall–Kier alpha value is -1.69. The lowest BCUT2D eigenvalue weighted by molar-refractivity contribution is -0.122. The molecule has 0 spiro atoms. The molecule has 1 heterocycles. The summed E-state index contributed by atoms with van der Waals surface area (Å²) in [4.78, 5) is 12.9. The quantitative estimate of drug-likeness (QED) is 0.715. The number of hydrogen-bond acceptors (Lipinski definition) is 4. The zero-order valence-corrected chi connectivity index (χ0v) is 11.1. The van der Waals surface area contributed by atoms with Gasteiger partial charge in [0.05, 0.1) is 23.0 Å². The molecule has 104 valence electrons. The molecule has 1 saturated heterocycles. The third-order valence-corrected chi connectivity index (χ3v) is 3.76. The van der Waals surface area contributed by atoms with Gasteiger partial charge in [-0.05, 0) is 18.9 Å². The number of anilines is 3. The third-order valence-electron chi connectivity index (χ3n) is 3.38. The Kier molecular flexibility index (Phi) is 3.71. The molecule has 19 heavy (non-hydrogen) atoms. The van der Waals surface area contributed by atoms with Crippen molar-refractivity contribution in [2.24, 2.45) is 11.7 Å². The first kappa shape index (κ1) is 13.7. The molecule has 1 aromatic rings. The van der Waals surface area contributed by atoms with E-state index in [2.05, 4.69) is 0 Å². The summed E-state index contributed by atoms with van der Waals surface area (Å²) < 4.78 is 14.2. The van der Waals surface area contributed by atoms with E-state index in [0.717, 1.165) is 6.42 Å². The zero-order valence-electron chi connectivity index (χ0n) is 10.3. The molecular formula is C12H16ClFN4O. The van der Waals surface area contributed by atoms with Crippen molar-refractivity contribution in [3.05, 3.63) is 16.9 Å². The number of nitrogen functional groups attached to an aromatic ring is 2. The van der Waals surface area contributed by atoms with Gasteiger partial charge >= 0.3 is 0 Å². The van der Waals surface area contributed by atoms with Gasteiger partial charge in [0.1, 0.15) is 5.02 Å². The van der Waals surface area contributed by atoms with E-state index in [1.807, 2.05) is 0 Å². The van der Waals surface area contributed by atoms with Crippen LogP contribution in [0.4, 0.5) is 21.5 Å². The van der Waals surface area contributed by atoms with Crippen LogP contribution in [0.1, 0.15) is 12.8 Å². The lowest BCUT2D eigenvalue weighted by atomic mass is 9.96. The van der Waals surface area contributed by atoms with E-state index >= 15 is 0 Å². The van der Waals surface area contributed by atoms with E-state index in [0.29, 0.717) is 19.5 Å².